The van der Waals surface area contributed by atoms with Crippen LogP contribution >= 0.6 is 0 Å². The van der Waals surface area contributed by atoms with Crippen molar-refractivity contribution < 1.29 is 9.18 Å². The Balaban J connectivity index is 2.20. The van der Waals surface area contributed by atoms with Crippen molar-refractivity contribution in [2.75, 3.05) is 0 Å². The molecule has 0 saturated heterocycles. The van der Waals surface area contributed by atoms with Gasteiger partial charge in [0.1, 0.15) is 11.6 Å². The number of carbonyl (C=O) groups excluding carboxylic acids is 1. The average molecular weight is 232 g/mol. The first-order valence-corrected chi connectivity index (χ1v) is 5.50. The van der Waals surface area contributed by atoms with E-state index in [0.29, 0.717) is 0 Å². The van der Waals surface area contributed by atoms with Gasteiger partial charge >= 0.3 is 0 Å². The van der Waals surface area contributed by atoms with E-state index in [1.165, 1.54) is 12.1 Å². The molecule has 17 heavy (non-hydrogen) atoms. The lowest BCUT2D eigenvalue weighted by molar-refractivity contribution is 0.0967. The second-order valence-corrected chi connectivity index (χ2v) is 3.73. The molecule has 1 aromatic heterocycles. The lowest BCUT2D eigenvalue weighted by atomic mass is 10.1. The maximum absolute atomic E-state index is 13.4. The molecular formula is C13H13FN2O. The molecule has 0 aliphatic rings. The maximum atomic E-state index is 13.4. The molecule has 3 nitrogen and oxygen atoms in total. The van der Waals surface area contributed by atoms with Crippen LogP contribution in [0.3, 0.4) is 0 Å². The molecule has 0 amide bonds. The third-order valence-electron chi connectivity index (χ3n) is 2.61. The number of aromatic nitrogens is 2. The second kappa shape index (κ2) is 4.91. The predicted molar refractivity (Wildman–Crippen MR) is 62.3 cm³/mol. The second-order valence-electron chi connectivity index (χ2n) is 3.73. The highest BCUT2D eigenvalue weighted by atomic mass is 19.1. The molecular weight excluding hydrogens is 219 g/mol. The standard InChI is InChI=1S/C13H13FN2O/c1-2-13-15-7-8-16(13)9-12(17)10-5-3-4-6-11(10)14/h3-8H,2,9H2,1H3. The van der Waals surface area contributed by atoms with Crippen molar-refractivity contribution in [2.24, 2.45) is 0 Å². The summed E-state index contributed by atoms with van der Waals surface area (Å²) < 4.78 is 15.2. The van der Waals surface area contributed by atoms with Gasteiger partial charge in [0, 0.05) is 18.8 Å². The zero-order valence-corrected chi connectivity index (χ0v) is 9.56. The van der Waals surface area contributed by atoms with E-state index < -0.39 is 5.82 Å². The molecule has 0 unspecified atom stereocenters. The van der Waals surface area contributed by atoms with E-state index in [9.17, 15) is 9.18 Å². The van der Waals surface area contributed by atoms with Crippen molar-refractivity contribution in [2.45, 2.75) is 19.9 Å². The minimum absolute atomic E-state index is 0.128. The summed E-state index contributed by atoms with van der Waals surface area (Å²) in [7, 11) is 0. The summed E-state index contributed by atoms with van der Waals surface area (Å²) in [5.41, 5.74) is 0.128. The minimum Gasteiger partial charge on any atom is -0.327 e. The van der Waals surface area contributed by atoms with Crippen LogP contribution in [0.2, 0.25) is 0 Å². The number of hydrogen-bond donors (Lipinski definition) is 0. The van der Waals surface area contributed by atoms with Crippen LogP contribution in [0.5, 0.6) is 0 Å². The van der Waals surface area contributed by atoms with Gasteiger partial charge in [0.25, 0.3) is 0 Å². The first kappa shape index (κ1) is 11.5. The van der Waals surface area contributed by atoms with Gasteiger partial charge in [-0.25, -0.2) is 9.37 Å². The van der Waals surface area contributed by atoms with E-state index >= 15 is 0 Å². The minimum atomic E-state index is -0.476. The predicted octanol–water partition coefficient (Wildman–Crippen LogP) is 2.47. The third kappa shape index (κ3) is 2.41. The molecule has 0 bridgehead atoms. The van der Waals surface area contributed by atoms with E-state index in [4.69, 9.17) is 0 Å². The smallest absolute Gasteiger partial charge is 0.185 e. The Morgan fingerprint density at radius 1 is 1.41 bits per heavy atom. The Kier molecular flexibility index (Phi) is 3.32. The van der Waals surface area contributed by atoms with Crippen LogP contribution in [0, 0.1) is 5.82 Å². The van der Waals surface area contributed by atoms with Gasteiger partial charge in [-0.1, -0.05) is 19.1 Å². The maximum Gasteiger partial charge on any atom is 0.185 e. The third-order valence-corrected chi connectivity index (χ3v) is 2.61. The summed E-state index contributed by atoms with van der Waals surface area (Å²) in [5, 5.41) is 0. The van der Waals surface area contributed by atoms with Crippen LogP contribution in [-0.4, -0.2) is 15.3 Å². The number of hydrogen-bond acceptors (Lipinski definition) is 2. The molecule has 0 saturated carbocycles. The van der Waals surface area contributed by atoms with Crippen LogP contribution in [0.1, 0.15) is 23.1 Å². The molecule has 4 heteroatoms. The monoisotopic (exact) mass is 232 g/mol. The van der Waals surface area contributed by atoms with E-state index in [-0.39, 0.29) is 17.9 Å². The summed E-state index contributed by atoms with van der Waals surface area (Å²) in [6.45, 7) is 2.09. The number of imidazole rings is 1. The van der Waals surface area contributed by atoms with Gasteiger partial charge < -0.3 is 4.57 Å². The molecule has 1 aromatic carbocycles. The molecule has 2 aromatic rings. The molecule has 0 atom stereocenters. The Labute approximate surface area is 98.9 Å². The van der Waals surface area contributed by atoms with Gasteiger partial charge in [0.15, 0.2) is 5.78 Å². The zero-order chi connectivity index (χ0) is 12.3. The SMILES string of the molecule is CCc1nccn1CC(=O)c1ccccc1F. The Bertz CT molecular complexity index is 534. The Morgan fingerprint density at radius 3 is 2.88 bits per heavy atom. The van der Waals surface area contributed by atoms with Gasteiger partial charge in [0.05, 0.1) is 12.1 Å². The number of benzene rings is 1. The molecule has 2 rings (SSSR count). The average Bonchev–Trinajstić information content (AvgIpc) is 2.76. The number of rotatable bonds is 4. The van der Waals surface area contributed by atoms with E-state index in [1.807, 2.05) is 6.92 Å². The summed E-state index contributed by atoms with van der Waals surface area (Å²) in [6, 6.07) is 6.02. The first-order chi connectivity index (χ1) is 8.22. The van der Waals surface area contributed by atoms with E-state index in [1.54, 1.807) is 29.1 Å². The molecule has 0 fully saturated rings. The summed E-state index contributed by atoms with van der Waals surface area (Å²) in [4.78, 5) is 16.0. The van der Waals surface area contributed by atoms with Crippen molar-refractivity contribution in [1.29, 1.82) is 0 Å². The molecule has 0 aliphatic heterocycles. The zero-order valence-electron chi connectivity index (χ0n) is 9.56. The highest BCUT2D eigenvalue weighted by Gasteiger charge is 2.12. The fourth-order valence-corrected chi connectivity index (χ4v) is 1.73. The van der Waals surface area contributed by atoms with E-state index in [0.717, 1.165) is 12.2 Å². The van der Waals surface area contributed by atoms with Crippen LogP contribution in [0.15, 0.2) is 36.7 Å². The summed E-state index contributed by atoms with van der Waals surface area (Å²) >= 11 is 0. The molecule has 0 radical (unpaired) electrons. The van der Waals surface area contributed by atoms with Crippen molar-refractivity contribution in [3.8, 4) is 0 Å². The highest BCUT2D eigenvalue weighted by Crippen LogP contribution is 2.09. The molecule has 0 aliphatic carbocycles. The fourth-order valence-electron chi connectivity index (χ4n) is 1.73. The van der Waals surface area contributed by atoms with Crippen molar-refractivity contribution in [1.82, 2.24) is 9.55 Å². The molecule has 88 valence electrons. The van der Waals surface area contributed by atoms with Crippen molar-refractivity contribution >= 4 is 5.78 Å². The van der Waals surface area contributed by atoms with Crippen molar-refractivity contribution in [3.63, 3.8) is 0 Å². The molecule has 0 spiro atoms. The Morgan fingerprint density at radius 2 is 2.18 bits per heavy atom. The molecule has 1 heterocycles. The number of ketones is 1. The van der Waals surface area contributed by atoms with Crippen molar-refractivity contribution in [3.05, 3.63) is 53.9 Å². The van der Waals surface area contributed by atoms with Crippen LogP contribution in [0.25, 0.3) is 0 Å². The number of halogens is 1. The normalized spacial score (nSPS) is 10.5. The summed E-state index contributed by atoms with van der Waals surface area (Å²) in [6.07, 6.45) is 4.13. The number of Topliss-reactive ketones (excluding diaryl/α,β-unsaturated/α-hetero) is 1. The van der Waals surface area contributed by atoms with Gasteiger partial charge in [-0.3, -0.25) is 4.79 Å². The summed E-state index contributed by atoms with van der Waals surface area (Å²) in [5.74, 6) is 0.112. The van der Waals surface area contributed by atoms with E-state index in [2.05, 4.69) is 4.98 Å². The lowest BCUT2D eigenvalue weighted by Gasteiger charge is -2.06. The molecule has 0 N–H and O–H groups in total. The van der Waals surface area contributed by atoms with Gasteiger partial charge in [-0.2, -0.15) is 0 Å². The first-order valence-electron chi connectivity index (χ1n) is 5.50. The van der Waals surface area contributed by atoms with Gasteiger partial charge in [-0.05, 0) is 12.1 Å². The number of nitrogens with zero attached hydrogens (tertiary/aromatic N) is 2. The fraction of sp³-hybridized carbons (Fsp3) is 0.231. The van der Waals surface area contributed by atoms with Gasteiger partial charge in [0.2, 0.25) is 0 Å². The largest absolute Gasteiger partial charge is 0.327 e. The van der Waals surface area contributed by atoms with Crippen LogP contribution in [0.4, 0.5) is 4.39 Å². The van der Waals surface area contributed by atoms with Crippen LogP contribution in [-0.2, 0) is 13.0 Å². The van der Waals surface area contributed by atoms with Crippen LogP contribution < -0.4 is 0 Å². The van der Waals surface area contributed by atoms with Gasteiger partial charge in [-0.15, -0.1) is 0 Å². The highest BCUT2D eigenvalue weighted by molar-refractivity contribution is 5.96. The lowest BCUT2D eigenvalue weighted by Crippen LogP contribution is -2.13. The Hall–Kier alpha value is -1.97. The number of aryl methyl sites for hydroxylation is 1. The number of carbonyl (C=O) groups is 1. The topological polar surface area (TPSA) is 34.9 Å². The quantitative estimate of drug-likeness (QED) is 0.759.